The zero-order chi connectivity index (χ0) is 10.9. The number of rotatable bonds is 2. The smallest absolute Gasteiger partial charge is 0.306 e. The third-order valence-electron chi connectivity index (χ3n) is 2.56. The summed E-state index contributed by atoms with van der Waals surface area (Å²) < 4.78 is 10.5. The lowest BCUT2D eigenvalue weighted by Crippen LogP contribution is -2.39. The Morgan fingerprint density at radius 3 is 3.20 bits per heavy atom. The molecule has 1 fully saturated rings. The van der Waals surface area contributed by atoms with Crippen LogP contribution in [0.4, 0.5) is 0 Å². The van der Waals surface area contributed by atoms with Gasteiger partial charge >= 0.3 is 11.9 Å². The lowest BCUT2D eigenvalue weighted by Gasteiger charge is -2.29. The van der Waals surface area contributed by atoms with Gasteiger partial charge in [0.2, 0.25) is 0 Å². The van der Waals surface area contributed by atoms with Crippen LogP contribution in [0.5, 0.6) is 0 Å². The molecule has 2 bridgehead atoms. The number of hydrogen-bond donors (Lipinski definition) is 1. The van der Waals surface area contributed by atoms with Crippen molar-refractivity contribution in [2.24, 2.45) is 0 Å². The van der Waals surface area contributed by atoms with Crippen LogP contribution in [0.25, 0.3) is 0 Å². The number of fused-ring (bicyclic) bond motifs is 2. The molecule has 0 aliphatic carbocycles. The van der Waals surface area contributed by atoms with Crippen molar-refractivity contribution in [2.45, 2.75) is 31.0 Å². The quantitative estimate of drug-likeness (QED) is 0.532. The maximum absolute atomic E-state index is 11.1. The number of ether oxygens (including phenoxy) is 2. The van der Waals surface area contributed by atoms with Crippen LogP contribution in [0.1, 0.15) is 19.3 Å². The first-order valence-electron chi connectivity index (χ1n) is 4.84. The van der Waals surface area contributed by atoms with Crippen LogP contribution in [0.3, 0.4) is 0 Å². The van der Waals surface area contributed by atoms with Crippen molar-refractivity contribution in [3.05, 3.63) is 12.2 Å². The van der Waals surface area contributed by atoms with Gasteiger partial charge in [0, 0.05) is 6.42 Å². The largest absolute Gasteiger partial charge is 0.481 e. The summed E-state index contributed by atoms with van der Waals surface area (Å²) in [5.41, 5.74) is -0.952. The summed E-state index contributed by atoms with van der Waals surface area (Å²) in [5, 5.41) is 8.75. The first-order valence-corrected chi connectivity index (χ1v) is 4.84. The molecule has 2 rings (SSSR count). The average molecular weight is 212 g/mol. The van der Waals surface area contributed by atoms with Gasteiger partial charge in [-0.05, 0) is 6.42 Å². The molecule has 2 heterocycles. The Hall–Kier alpha value is -1.36. The molecule has 5 heteroatoms. The van der Waals surface area contributed by atoms with Gasteiger partial charge in [-0.3, -0.25) is 9.59 Å². The van der Waals surface area contributed by atoms with Crippen molar-refractivity contribution in [2.75, 3.05) is 6.61 Å². The highest BCUT2D eigenvalue weighted by molar-refractivity contribution is 5.71. The van der Waals surface area contributed by atoms with E-state index in [4.69, 9.17) is 14.6 Å². The van der Waals surface area contributed by atoms with Gasteiger partial charge in [0.15, 0.2) is 0 Å². The highest BCUT2D eigenvalue weighted by Gasteiger charge is 2.40. The zero-order valence-electron chi connectivity index (χ0n) is 8.14. The SMILES string of the molecule is O=C(O)C[C@@]12C=C[C@H](CCC(=O)OC1)O2. The number of carboxylic acids is 1. The van der Waals surface area contributed by atoms with Gasteiger partial charge in [-0.1, -0.05) is 12.2 Å². The minimum atomic E-state index is -0.961. The van der Waals surface area contributed by atoms with Gasteiger partial charge in [0.25, 0.3) is 0 Å². The fourth-order valence-electron chi connectivity index (χ4n) is 1.84. The zero-order valence-corrected chi connectivity index (χ0v) is 8.14. The van der Waals surface area contributed by atoms with Gasteiger partial charge in [-0.25, -0.2) is 0 Å². The fourth-order valence-corrected chi connectivity index (χ4v) is 1.84. The van der Waals surface area contributed by atoms with Crippen LogP contribution in [-0.4, -0.2) is 35.4 Å². The molecule has 2 aliphatic heterocycles. The Kier molecular flexibility index (Phi) is 2.48. The van der Waals surface area contributed by atoms with Crippen molar-refractivity contribution in [3.8, 4) is 0 Å². The average Bonchev–Trinajstić information content (AvgIpc) is 2.55. The van der Waals surface area contributed by atoms with Gasteiger partial charge in [-0.15, -0.1) is 0 Å². The summed E-state index contributed by atoms with van der Waals surface area (Å²) in [6, 6.07) is 0. The van der Waals surface area contributed by atoms with Crippen LogP contribution in [0.2, 0.25) is 0 Å². The maximum atomic E-state index is 11.1. The van der Waals surface area contributed by atoms with E-state index in [0.717, 1.165) is 0 Å². The molecule has 0 amide bonds. The molecule has 0 saturated carbocycles. The van der Waals surface area contributed by atoms with Crippen LogP contribution < -0.4 is 0 Å². The van der Waals surface area contributed by atoms with Crippen LogP contribution in [0, 0.1) is 0 Å². The predicted molar refractivity (Wildman–Crippen MR) is 49.2 cm³/mol. The Balaban J connectivity index is 2.13. The third kappa shape index (κ3) is 2.18. The molecular formula is C10H12O5. The van der Waals surface area contributed by atoms with Crippen LogP contribution in [0.15, 0.2) is 12.2 Å². The normalized spacial score (nSPS) is 34.4. The number of carbonyl (C=O) groups is 2. The second kappa shape index (κ2) is 3.66. The Bertz CT molecular complexity index is 322. The molecule has 1 N–H and O–H groups in total. The maximum Gasteiger partial charge on any atom is 0.306 e. The molecule has 5 nitrogen and oxygen atoms in total. The molecule has 0 aromatic heterocycles. The van der Waals surface area contributed by atoms with Crippen molar-refractivity contribution in [3.63, 3.8) is 0 Å². The monoisotopic (exact) mass is 212 g/mol. The molecule has 2 atom stereocenters. The van der Waals surface area contributed by atoms with E-state index in [-0.39, 0.29) is 25.1 Å². The summed E-state index contributed by atoms with van der Waals surface area (Å²) in [4.78, 5) is 21.8. The standard InChI is InChI=1S/C10H12O5/c11-8(12)5-10-4-3-7(15-10)1-2-9(13)14-6-10/h3-4,7H,1-2,5-6H2,(H,11,12)/t7-,10-/m0/s1. The molecule has 0 aromatic rings. The lowest BCUT2D eigenvalue weighted by molar-refractivity contribution is -0.165. The number of aliphatic carboxylic acids is 1. The third-order valence-corrected chi connectivity index (χ3v) is 2.56. The first-order chi connectivity index (χ1) is 7.10. The Morgan fingerprint density at radius 2 is 2.47 bits per heavy atom. The summed E-state index contributed by atoms with van der Waals surface area (Å²) in [7, 11) is 0. The minimum absolute atomic E-state index is 0.00880. The number of hydrogen-bond acceptors (Lipinski definition) is 4. The van der Waals surface area contributed by atoms with Gasteiger partial charge in [0.1, 0.15) is 12.2 Å². The second-order valence-corrected chi connectivity index (χ2v) is 3.85. The molecule has 2 aliphatic rings. The van der Waals surface area contributed by atoms with Gasteiger partial charge in [0.05, 0.1) is 12.5 Å². The molecule has 0 spiro atoms. The van der Waals surface area contributed by atoms with Crippen molar-refractivity contribution in [1.29, 1.82) is 0 Å². The summed E-state index contributed by atoms with van der Waals surface area (Å²) >= 11 is 0. The number of cyclic esters (lactones) is 1. The first kappa shape index (κ1) is 10.2. The number of carboxylic acid groups (broad SMARTS) is 1. The second-order valence-electron chi connectivity index (χ2n) is 3.85. The Morgan fingerprint density at radius 1 is 1.67 bits per heavy atom. The summed E-state index contributed by atoms with van der Waals surface area (Å²) in [6.45, 7) is -0.00880. The molecule has 82 valence electrons. The molecule has 0 radical (unpaired) electrons. The summed E-state index contributed by atoms with van der Waals surface area (Å²) in [6.07, 6.45) is 4.05. The van der Waals surface area contributed by atoms with Crippen molar-refractivity contribution in [1.82, 2.24) is 0 Å². The Labute approximate surface area is 86.7 Å². The number of esters is 1. The van der Waals surface area contributed by atoms with Crippen molar-refractivity contribution >= 4 is 11.9 Å². The minimum Gasteiger partial charge on any atom is -0.481 e. The highest BCUT2D eigenvalue weighted by Crippen LogP contribution is 2.31. The van der Waals surface area contributed by atoms with E-state index < -0.39 is 11.6 Å². The molecule has 15 heavy (non-hydrogen) atoms. The molecular weight excluding hydrogens is 200 g/mol. The van der Waals surface area contributed by atoms with Crippen LogP contribution >= 0.6 is 0 Å². The number of carbonyl (C=O) groups excluding carboxylic acids is 1. The molecule has 0 unspecified atom stereocenters. The fraction of sp³-hybridized carbons (Fsp3) is 0.600. The van der Waals surface area contributed by atoms with E-state index >= 15 is 0 Å². The van der Waals surface area contributed by atoms with Gasteiger partial charge < -0.3 is 14.6 Å². The topological polar surface area (TPSA) is 72.8 Å². The van der Waals surface area contributed by atoms with E-state index in [1.54, 1.807) is 6.08 Å². The molecule has 1 saturated heterocycles. The van der Waals surface area contributed by atoms with Crippen molar-refractivity contribution < 1.29 is 24.2 Å². The molecule has 0 aromatic carbocycles. The van der Waals surface area contributed by atoms with Gasteiger partial charge in [-0.2, -0.15) is 0 Å². The van der Waals surface area contributed by atoms with Crippen LogP contribution in [-0.2, 0) is 19.1 Å². The van der Waals surface area contributed by atoms with E-state index in [1.807, 2.05) is 6.08 Å². The van der Waals surface area contributed by atoms with E-state index in [1.165, 1.54) is 0 Å². The lowest BCUT2D eigenvalue weighted by atomic mass is 10.0. The predicted octanol–water partition coefficient (Wildman–Crippen LogP) is 0.492. The van der Waals surface area contributed by atoms with E-state index in [2.05, 4.69) is 0 Å². The van der Waals surface area contributed by atoms with E-state index in [0.29, 0.717) is 12.8 Å². The highest BCUT2D eigenvalue weighted by atomic mass is 16.6. The summed E-state index contributed by atoms with van der Waals surface area (Å²) in [5.74, 6) is -1.25. The van der Waals surface area contributed by atoms with E-state index in [9.17, 15) is 9.59 Å².